The lowest BCUT2D eigenvalue weighted by Gasteiger charge is -2.30. The van der Waals surface area contributed by atoms with Crippen molar-refractivity contribution >= 4 is 60.2 Å². The van der Waals surface area contributed by atoms with E-state index in [0.717, 1.165) is 11.4 Å². The highest BCUT2D eigenvalue weighted by atomic mass is 15.1. The number of nitrogens with zero attached hydrogens (tertiary/aromatic N) is 1. The van der Waals surface area contributed by atoms with Crippen LogP contribution in [0.4, 0.5) is 17.1 Å². The van der Waals surface area contributed by atoms with Gasteiger partial charge in [0.1, 0.15) is 0 Å². The summed E-state index contributed by atoms with van der Waals surface area (Å²) in [6, 6.07) is 79.3. The SMILES string of the molecule is CC1(C)c2cc3c(cc2-c2cc4c5ccccc5c5ccccc5c4cc21)C(C)(C)c1cc(N(c2ccc(-c4ccccc4)cc2)c2ccc(-c4ccccc4)cc2)c2ccccc2c1-3. The molecule has 0 aliphatic heterocycles. The van der Waals surface area contributed by atoms with E-state index in [9.17, 15) is 0 Å². The Morgan fingerprint density at radius 2 is 0.646 bits per heavy atom. The highest BCUT2D eigenvalue weighted by Gasteiger charge is 2.43. The molecule has 0 bridgehead atoms. The van der Waals surface area contributed by atoms with Gasteiger partial charge in [-0.15, -0.1) is 0 Å². The van der Waals surface area contributed by atoms with E-state index in [1.54, 1.807) is 0 Å². The van der Waals surface area contributed by atoms with E-state index in [1.165, 1.54) is 116 Å². The maximum atomic E-state index is 2.58. The zero-order valence-electron chi connectivity index (χ0n) is 37.2. The lowest BCUT2D eigenvalue weighted by Crippen LogP contribution is -2.18. The molecule has 1 heteroatoms. The van der Waals surface area contributed by atoms with Gasteiger partial charge in [0, 0.05) is 27.6 Å². The van der Waals surface area contributed by atoms with Crippen LogP contribution in [0.2, 0.25) is 0 Å². The number of fused-ring (bicyclic) bond motifs is 14. The molecule has 0 saturated carbocycles. The Bertz CT molecular complexity index is 3640. The molecule has 0 heterocycles. The van der Waals surface area contributed by atoms with Crippen molar-refractivity contribution in [3.05, 3.63) is 235 Å². The van der Waals surface area contributed by atoms with Gasteiger partial charge in [0.15, 0.2) is 0 Å². The summed E-state index contributed by atoms with van der Waals surface area (Å²) in [6.07, 6.45) is 0. The van der Waals surface area contributed by atoms with Crippen LogP contribution in [-0.4, -0.2) is 0 Å². The molecule has 2 aliphatic carbocycles. The Kier molecular flexibility index (Phi) is 8.07. The molecule has 0 atom stereocenters. The summed E-state index contributed by atoms with van der Waals surface area (Å²) in [5.74, 6) is 0. The number of hydrogen-bond acceptors (Lipinski definition) is 1. The van der Waals surface area contributed by atoms with Crippen LogP contribution in [0.1, 0.15) is 49.9 Å². The summed E-state index contributed by atoms with van der Waals surface area (Å²) in [7, 11) is 0. The number of hydrogen-bond donors (Lipinski definition) is 0. The van der Waals surface area contributed by atoms with Crippen molar-refractivity contribution in [3.8, 4) is 44.5 Å². The van der Waals surface area contributed by atoms with Crippen LogP contribution in [0.5, 0.6) is 0 Å². The molecule has 0 spiro atoms. The molecule has 0 radical (unpaired) electrons. The van der Waals surface area contributed by atoms with E-state index in [0.29, 0.717) is 0 Å². The van der Waals surface area contributed by atoms with Crippen molar-refractivity contribution in [1.29, 1.82) is 0 Å². The molecule has 0 amide bonds. The Morgan fingerprint density at radius 3 is 1.18 bits per heavy atom. The van der Waals surface area contributed by atoms with Gasteiger partial charge in [0.25, 0.3) is 0 Å². The van der Waals surface area contributed by atoms with Gasteiger partial charge in [-0.25, -0.2) is 0 Å². The zero-order valence-corrected chi connectivity index (χ0v) is 37.2. The molecular formula is C64H47N. The van der Waals surface area contributed by atoms with Crippen molar-refractivity contribution in [2.24, 2.45) is 0 Å². The van der Waals surface area contributed by atoms with Crippen LogP contribution >= 0.6 is 0 Å². The smallest absolute Gasteiger partial charge is 0.0543 e. The summed E-state index contributed by atoms with van der Waals surface area (Å²) >= 11 is 0. The predicted molar refractivity (Wildman–Crippen MR) is 277 cm³/mol. The first-order valence-corrected chi connectivity index (χ1v) is 23.0. The molecule has 0 N–H and O–H groups in total. The normalized spacial score (nSPS) is 14.1. The highest BCUT2D eigenvalue weighted by Crippen LogP contribution is 2.59. The molecule has 13 rings (SSSR count). The van der Waals surface area contributed by atoms with Crippen molar-refractivity contribution in [2.45, 2.75) is 38.5 Å². The fraction of sp³-hybridized carbons (Fsp3) is 0.0938. The second-order valence-electron chi connectivity index (χ2n) is 19.3. The van der Waals surface area contributed by atoms with Gasteiger partial charge in [-0.1, -0.05) is 185 Å². The molecule has 0 aromatic heterocycles. The summed E-state index contributed by atoms with van der Waals surface area (Å²) in [5, 5.41) is 10.5. The molecule has 65 heavy (non-hydrogen) atoms. The lowest BCUT2D eigenvalue weighted by atomic mass is 9.79. The van der Waals surface area contributed by atoms with E-state index in [4.69, 9.17) is 0 Å². The molecule has 11 aromatic carbocycles. The molecule has 0 fully saturated rings. The zero-order chi connectivity index (χ0) is 43.6. The molecule has 11 aromatic rings. The van der Waals surface area contributed by atoms with Crippen molar-refractivity contribution < 1.29 is 0 Å². The second kappa shape index (κ2) is 13.9. The molecule has 0 unspecified atom stereocenters. The predicted octanol–water partition coefficient (Wildman–Crippen LogP) is 17.7. The summed E-state index contributed by atoms with van der Waals surface area (Å²) in [5.41, 5.74) is 18.9. The first-order chi connectivity index (χ1) is 31.8. The fourth-order valence-corrected chi connectivity index (χ4v) is 11.7. The lowest BCUT2D eigenvalue weighted by molar-refractivity contribution is 0.652. The van der Waals surface area contributed by atoms with Crippen LogP contribution in [0.15, 0.2) is 212 Å². The highest BCUT2D eigenvalue weighted by molar-refractivity contribution is 6.26. The van der Waals surface area contributed by atoms with Gasteiger partial charge in [-0.05, 0) is 159 Å². The minimum Gasteiger partial charge on any atom is -0.310 e. The first-order valence-electron chi connectivity index (χ1n) is 23.0. The van der Waals surface area contributed by atoms with Crippen LogP contribution in [0.3, 0.4) is 0 Å². The molecular weight excluding hydrogens is 783 g/mol. The third-order valence-corrected chi connectivity index (χ3v) is 15.0. The first kappa shape index (κ1) is 37.8. The van der Waals surface area contributed by atoms with Gasteiger partial charge in [-0.3, -0.25) is 0 Å². The van der Waals surface area contributed by atoms with Crippen molar-refractivity contribution in [1.82, 2.24) is 0 Å². The fourth-order valence-electron chi connectivity index (χ4n) is 11.7. The summed E-state index contributed by atoms with van der Waals surface area (Å²) < 4.78 is 0. The quantitative estimate of drug-likeness (QED) is 0.156. The Balaban J connectivity index is 1.01. The van der Waals surface area contributed by atoms with Gasteiger partial charge >= 0.3 is 0 Å². The second-order valence-corrected chi connectivity index (χ2v) is 19.3. The third kappa shape index (κ3) is 5.52. The number of anilines is 3. The van der Waals surface area contributed by atoms with Crippen LogP contribution in [-0.2, 0) is 10.8 Å². The average Bonchev–Trinajstić information content (AvgIpc) is 3.72. The van der Waals surface area contributed by atoms with E-state index in [2.05, 4.69) is 245 Å². The van der Waals surface area contributed by atoms with E-state index < -0.39 is 0 Å². The standard InChI is InChI=1S/C64H47N/c1-63(2)57-36-53-49-24-14-12-22-47(49)46-21-11-13-23-48(46)52(53)35-54(57)55-37-59-56(38-58(55)63)62-51-26-16-15-25-50(51)61(39-60(62)64(59,3)4)65(44-31-27-42(28-32-44)40-17-7-5-8-18-40)45-33-29-43(30-34-45)41-19-9-6-10-20-41/h5-39H,1-4H3. The summed E-state index contributed by atoms with van der Waals surface area (Å²) in [6.45, 7) is 9.76. The summed E-state index contributed by atoms with van der Waals surface area (Å²) in [4.78, 5) is 2.48. The Labute approximate surface area is 380 Å². The average molecular weight is 830 g/mol. The number of rotatable bonds is 5. The third-order valence-electron chi connectivity index (χ3n) is 15.0. The molecule has 1 nitrogen and oxygen atoms in total. The Hall–Kier alpha value is -7.74. The molecule has 308 valence electrons. The van der Waals surface area contributed by atoms with Crippen molar-refractivity contribution in [2.75, 3.05) is 4.90 Å². The molecule has 0 saturated heterocycles. The van der Waals surface area contributed by atoms with E-state index in [-0.39, 0.29) is 10.8 Å². The topological polar surface area (TPSA) is 3.24 Å². The van der Waals surface area contributed by atoms with Gasteiger partial charge in [-0.2, -0.15) is 0 Å². The minimum absolute atomic E-state index is 0.183. The Morgan fingerprint density at radius 1 is 0.277 bits per heavy atom. The van der Waals surface area contributed by atoms with Gasteiger partial charge in [0.05, 0.1) is 5.69 Å². The van der Waals surface area contributed by atoms with Crippen LogP contribution < -0.4 is 4.90 Å². The van der Waals surface area contributed by atoms with Crippen molar-refractivity contribution in [3.63, 3.8) is 0 Å². The monoisotopic (exact) mass is 829 g/mol. The maximum Gasteiger partial charge on any atom is 0.0543 e. The van der Waals surface area contributed by atoms with Crippen LogP contribution in [0, 0.1) is 0 Å². The minimum atomic E-state index is -0.259. The van der Waals surface area contributed by atoms with E-state index in [1.807, 2.05) is 0 Å². The van der Waals surface area contributed by atoms with Gasteiger partial charge in [0.2, 0.25) is 0 Å². The van der Waals surface area contributed by atoms with E-state index >= 15 is 0 Å². The van der Waals surface area contributed by atoms with Gasteiger partial charge < -0.3 is 4.90 Å². The number of benzene rings is 11. The molecule has 2 aliphatic rings. The van der Waals surface area contributed by atoms with Crippen LogP contribution in [0.25, 0.3) is 87.6 Å². The maximum absolute atomic E-state index is 2.58. The largest absolute Gasteiger partial charge is 0.310 e.